The van der Waals surface area contributed by atoms with E-state index in [9.17, 15) is 4.79 Å². The zero-order valence-corrected chi connectivity index (χ0v) is 14.7. The minimum absolute atomic E-state index is 0.223. The Hall–Kier alpha value is -3.19. The summed E-state index contributed by atoms with van der Waals surface area (Å²) in [6.07, 6.45) is 3.13. The second kappa shape index (κ2) is 6.97. The number of amides is 1. The molecule has 0 radical (unpaired) electrons. The fourth-order valence-corrected chi connectivity index (χ4v) is 3.43. The van der Waals surface area contributed by atoms with Gasteiger partial charge in [-0.05, 0) is 36.2 Å². The molecular formula is C19H15N3O3S. The van der Waals surface area contributed by atoms with Crippen LogP contribution in [0.5, 0.6) is 11.5 Å². The second-order valence-electron chi connectivity index (χ2n) is 5.66. The molecule has 1 N–H and O–H groups in total. The van der Waals surface area contributed by atoms with Gasteiger partial charge >= 0.3 is 0 Å². The summed E-state index contributed by atoms with van der Waals surface area (Å²) in [5.41, 5.74) is 5.48. The molecule has 2 heterocycles. The largest absolute Gasteiger partial charge is 0.454 e. The monoisotopic (exact) mass is 365 g/mol. The van der Waals surface area contributed by atoms with Crippen LogP contribution in [-0.4, -0.2) is 23.9 Å². The zero-order chi connectivity index (χ0) is 17.9. The third kappa shape index (κ3) is 3.29. The van der Waals surface area contributed by atoms with Crippen molar-refractivity contribution in [3.05, 3.63) is 64.7 Å². The molecule has 0 spiro atoms. The van der Waals surface area contributed by atoms with Crippen LogP contribution in [0.4, 0.5) is 0 Å². The number of ether oxygens (including phenoxy) is 2. The van der Waals surface area contributed by atoms with E-state index in [0.29, 0.717) is 16.4 Å². The van der Waals surface area contributed by atoms with Gasteiger partial charge < -0.3 is 9.47 Å². The van der Waals surface area contributed by atoms with Gasteiger partial charge in [0.2, 0.25) is 6.79 Å². The maximum absolute atomic E-state index is 12.3. The van der Waals surface area contributed by atoms with Crippen LogP contribution in [0.2, 0.25) is 0 Å². The molecule has 4 rings (SSSR count). The van der Waals surface area contributed by atoms with E-state index in [1.807, 2.05) is 43.3 Å². The van der Waals surface area contributed by atoms with E-state index in [0.717, 1.165) is 21.7 Å². The number of carbonyl (C=O) groups excluding carboxylic acids is 1. The molecule has 0 unspecified atom stereocenters. The predicted molar refractivity (Wildman–Crippen MR) is 99.9 cm³/mol. The SMILES string of the molecule is Cc1ccccc1-c1ncc(C(=O)N/N=C\c2ccc3c(c2)OCO3)s1. The van der Waals surface area contributed by atoms with Crippen molar-refractivity contribution >= 4 is 23.5 Å². The Balaban J connectivity index is 1.43. The first-order valence-electron chi connectivity index (χ1n) is 7.95. The van der Waals surface area contributed by atoms with Gasteiger partial charge in [-0.1, -0.05) is 24.3 Å². The van der Waals surface area contributed by atoms with Crippen LogP contribution in [0, 0.1) is 6.92 Å². The van der Waals surface area contributed by atoms with Crippen LogP contribution in [0.1, 0.15) is 20.8 Å². The van der Waals surface area contributed by atoms with Crippen molar-refractivity contribution in [1.29, 1.82) is 0 Å². The molecule has 0 saturated carbocycles. The fraction of sp³-hybridized carbons (Fsp3) is 0.105. The number of carbonyl (C=O) groups is 1. The van der Waals surface area contributed by atoms with Crippen LogP contribution in [0.25, 0.3) is 10.6 Å². The number of nitrogens with zero attached hydrogens (tertiary/aromatic N) is 2. The minimum atomic E-state index is -0.292. The average Bonchev–Trinajstić information content (AvgIpc) is 3.31. The highest BCUT2D eigenvalue weighted by atomic mass is 32.1. The molecule has 0 saturated heterocycles. The summed E-state index contributed by atoms with van der Waals surface area (Å²) in [4.78, 5) is 17.1. The van der Waals surface area contributed by atoms with E-state index in [4.69, 9.17) is 9.47 Å². The summed E-state index contributed by atoms with van der Waals surface area (Å²) < 4.78 is 10.6. The third-order valence-corrected chi connectivity index (χ3v) is 4.91. The van der Waals surface area contributed by atoms with Gasteiger partial charge in [0.05, 0.1) is 12.4 Å². The zero-order valence-electron chi connectivity index (χ0n) is 13.9. The number of hydrogen-bond acceptors (Lipinski definition) is 6. The molecule has 1 aliphatic rings. The summed E-state index contributed by atoms with van der Waals surface area (Å²) >= 11 is 1.34. The minimum Gasteiger partial charge on any atom is -0.454 e. The number of aryl methyl sites for hydroxylation is 1. The predicted octanol–water partition coefficient (Wildman–Crippen LogP) is 3.61. The molecule has 0 fully saturated rings. The van der Waals surface area contributed by atoms with Crippen LogP contribution in [0.15, 0.2) is 53.8 Å². The van der Waals surface area contributed by atoms with Gasteiger partial charge in [0.25, 0.3) is 5.91 Å². The first kappa shape index (κ1) is 16.3. The van der Waals surface area contributed by atoms with Gasteiger partial charge in [-0.25, -0.2) is 10.4 Å². The summed E-state index contributed by atoms with van der Waals surface area (Å²) in [7, 11) is 0. The van der Waals surface area contributed by atoms with Crippen molar-refractivity contribution in [3.8, 4) is 22.1 Å². The van der Waals surface area contributed by atoms with Crippen LogP contribution >= 0.6 is 11.3 Å². The topological polar surface area (TPSA) is 72.8 Å². The lowest BCUT2D eigenvalue weighted by Crippen LogP contribution is -2.16. The molecule has 1 amide bonds. The Labute approximate surface area is 154 Å². The number of hydrazone groups is 1. The summed E-state index contributed by atoms with van der Waals surface area (Å²) in [6, 6.07) is 13.4. The molecule has 26 heavy (non-hydrogen) atoms. The number of rotatable bonds is 4. The Morgan fingerprint density at radius 3 is 2.96 bits per heavy atom. The molecule has 130 valence electrons. The number of fused-ring (bicyclic) bond motifs is 1. The Morgan fingerprint density at radius 2 is 2.08 bits per heavy atom. The van der Waals surface area contributed by atoms with Crippen LogP contribution in [-0.2, 0) is 0 Å². The summed E-state index contributed by atoms with van der Waals surface area (Å²) in [6.45, 7) is 2.24. The molecule has 0 aliphatic carbocycles. The first-order valence-corrected chi connectivity index (χ1v) is 8.77. The Morgan fingerprint density at radius 1 is 1.23 bits per heavy atom. The number of thiazole rings is 1. The number of aromatic nitrogens is 1. The maximum Gasteiger partial charge on any atom is 0.283 e. The standard InChI is InChI=1S/C19H15N3O3S/c1-12-4-2-3-5-14(12)19-20-10-17(26-19)18(23)22-21-9-13-6-7-15-16(8-13)25-11-24-15/h2-10H,11H2,1H3,(H,22,23)/b21-9-. The molecule has 7 heteroatoms. The molecule has 0 atom stereocenters. The first-order chi connectivity index (χ1) is 12.7. The van der Waals surface area contributed by atoms with Crippen molar-refractivity contribution in [3.63, 3.8) is 0 Å². The third-order valence-electron chi connectivity index (χ3n) is 3.88. The Kier molecular flexibility index (Phi) is 4.37. The summed E-state index contributed by atoms with van der Waals surface area (Å²) in [5.74, 6) is 1.09. The quantitative estimate of drug-likeness (QED) is 0.566. The normalized spacial score (nSPS) is 12.5. The average molecular weight is 365 g/mol. The Bertz CT molecular complexity index is 997. The van der Waals surface area contributed by atoms with Crippen molar-refractivity contribution in [2.75, 3.05) is 6.79 Å². The molecule has 1 aromatic heterocycles. The summed E-state index contributed by atoms with van der Waals surface area (Å²) in [5, 5.41) is 4.81. The van der Waals surface area contributed by atoms with E-state index >= 15 is 0 Å². The lowest BCUT2D eigenvalue weighted by molar-refractivity contribution is 0.0959. The number of benzene rings is 2. The van der Waals surface area contributed by atoms with E-state index in [2.05, 4.69) is 15.5 Å². The van der Waals surface area contributed by atoms with Crippen LogP contribution in [0.3, 0.4) is 0 Å². The molecule has 2 aromatic carbocycles. The molecule has 3 aromatic rings. The molecule has 1 aliphatic heterocycles. The van der Waals surface area contributed by atoms with Gasteiger partial charge in [-0.15, -0.1) is 11.3 Å². The van der Waals surface area contributed by atoms with E-state index < -0.39 is 0 Å². The highest BCUT2D eigenvalue weighted by Crippen LogP contribution is 2.32. The lowest BCUT2D eigenvalue weighted by atomic mass is 10.1. The molecule has 0 bridgehead atoms. The maximum atomic E-state index is 12.3. The van der Waals surface area contributed by atoms with E-state index in [1.54, 1.807) is 18.5 Å². The van der Waals surface area contributed by atoms with Crippen molar-refractivity contribution in [2.45, 2.75) is 6.92 Å². The van der Waals surface area contributed by atoms with Gasteiger partial charge in [-0.2, -0.15) is 5.10 Å². The van der Waals surface area contributed by atoms with Gasteiger partial charge in [0.15, 0.2) is 11.5 Å². The van der Waals surface area contributed by atoms with E-state index in [1.165, 1.54) is 11.3 Å². The van der Waals surface area contributed by atoms with Gasteiger partial charge in [-0.3, -0.25) is 4.79 Å². The van der Waals surface area contributed by atoms with Crippen molar-refractivity contribution in [2.24, 2.45) is 5.10 Å². The van der Waals surface area contributed by atoms with Gasteiger partial charge in [0.1, 0.15) is 9.88 Å². The van der Waals surface area contributed by atoms with Crippen LogP contribution < -0.4 is 14.9 Å². The highest BCUT2D eigenvalue weighted by Gasteiger charge is 2.13. The highest BCUT2D eigenvalue weighted by molar-refractivity contribution is 7.16. The van der Waals surface area contributed by atoms with E-state index in [-0.39, 0.29) is 12.7 Å². The van der Waals surface area contributed by atoms with Gasteiger partial charge in [0, 0.05) is 5.56 Å². The van der Waals surface area contributed by atoms with Crippen molar-refractivity contribution in [1.82, 2.24) is 10.4 Å². The number of hydrogen-bond donors (Lipinski definition) is 1. The lowest BCUT2D eigenvalue weighted by Gasteiger charge is -2.00. The molecule has 6 nitrogen and oxygen atoms in total. The fourth-order valence-electron chi connectivity index (χ4n) is 2.53. The molecular weight excluding hydrogens is 350 g/mol. The second-order valence-corrected chi connectivity index (χ2v) is 6.69. The number of nitrogens with one attached hydrogen (secondary N) is 1. The van der Waals surface area contributed by atoms with Crippen molar-refractivity contribution < 1.29 is 14.3 Å². The smallest absolute Gasteiger partial charge is 0.283 e.